The zero-order chi connectivity index (χ0) is 10.1. The molecule has 0 saturated carbocycles. The molecule has 0 aromatic carbocycles. The van der Waals surface area contributed by atoms with Gasteiger partial charge in [-0.2, -0.15) is 0 Å². The van der Waals surface area contributed by atoms with Gasteiger partial charge in [-0.05, 0) is 0 Å². The highest BCUT2D eigenvalue weighted by molar-refractivity contribution is 5.70. The van der Waals surface area contributed by atoms with E-state index in [2.05, 4.69) is 4.99 Å². The van der Waals surface area contributed by atoms with Crippen LogP contribution in [0, 0.1) is 20.2 Å². The summed E-state index contributed by atoms with van der Waals surface area (Å²) in [6, 6.07) is 0. The summed E-state index contributed by atoms with van der Waals surface area (Å²) in [5, 5.41) is 29.6. The van der Waals surface area contributed by atoms with E-state index in [1.807, 2.05) is 0 Å². The summed E-state index contributed by atoms with van der Waals surface area (Å²) < 4.78 is 0. The van der Waals surface area contributed by atoms with E-state index in [4.69, 9.17) is 5.11 Å². The van der Waals surface area contributed by atoms with Crippen LogP contribution in [-0.2, 0) is 0 Å². The van der Waals surface area contributed by atoms with Crippen molar-refractivity contribution in [2.45, 2.75) is 5.72 Å². The van der Waals surface area contributed by atoms with Crippen LogP contribution in [0.5, 0.6) is 0 Å². The molecule has 13 heavy (non-hydrogen) atoms. The van der Waals surface area contributed by atoms with Gasteiger partial charge in [-0.3, -0.25) is 25.2 Å². The Morgan fingerprint density at radius 3 is 2.62 bits per heavy atom. The third kappa shape index (κ3) is 1.67. The molecule has 0 saturated heterocycles. The molecule has 1 aliphatic rings. The quantitative estimate of drug-likeness (QED) is 0.344. The fourth-order valence-electron chi connectivity index (χ4n) is 0.812. The van der Waals surface area contributed by atoms with E-state index < -0.39 is 21.3 Å². The highest BCUT2D eigenvalue weighted by atomic mass is 16.7. The number of rotatable bonds is 2. The molecule has 1 N–H and O–H groups in total. The molecule has 0 fully saturated rings. The standard InChI is InChI=1S/C5H5N3O5/c9-5(8(12)13)1-4(7(10)11)2-6-3-5/h1,3,9H,2H2. The first-order valence-corrected chi connectivity index (χ1v) is 3.20. The molecule has 1 heterocycles. The second-order valence-corrected chi connectivity index (χ2v) is 2.40. The Bertz CT molecular complexity index is 322. The van der Waals surface area contributed by atoms with E-state index in [-0.39, 0.29) is 6.54 Å². The van der Waals surface area contributed by atoms with Gasteiger partial charge in [-0.15, -0.1) is 0 Å². The number of nitro groups is 2. The van der Waals surface area contributed by atoms with Crippen molar-refractivity contribution in [3.05, 3.63) is 32.0 Å². The minimum absolute atomic E-state index is 0.261. The van der Waals surface area contributed by atoms with Crippen molar-refractivity contribution in [1.82, 2.24) is 0 Å². The maximum atomic E-state index is 10.2. The van der Waals surface area contributed by atoms with Crippen LogP contribution >= 0.6 is 0 Å². The van der Waals surface area contributed by atoms with Crippen LogP contribution in [0.2, 0.25) is 0 Å². The molecule has 0 spiro atoms. The van der Waals surface area contributed by atoms with Crippen LogP contribution in [-0.4, -0.2) is 33.4 Å². The summed E-state index contributed by atoms with van der Waals surface area (Å²) in [7, 11) is 0. The van der Waals surface area contributed by atoms with Gasteiger partial charge in [0.05, 0.1) is 9.85 Å². The van der Waals surface area contributed by atoms with Crippen molar-refractivity contribution in [1.29, 1.82) is 0 Å². The molecule has 8 heteroatoms. The molecule has 0 aromatic rings. The first-order chi connectivity index (χ1) is 5.96. The van der Waals surface area contributed by atoms with Crippen molar-refractivity contribution in [2.24, 2.45) is 4.99 Å². The predicted molar refractivity (Wildman–Crippen MR) is 40.4 cm³/mol. The molecule has 0 amide bonds. The van der Waals surface area contributed by atoms with Crippen LogP contribution in [0.15, 0.2) is 16.8 Å². The smallest absolute Gasteiger partial charge is 0.322 e. The van der Waals surface area contributed by atoms with Gasteiger partial charge >= 0.3 is 5.72 Å². The maximum Gasteiger partial charge on any atom is 0.385 e. The fourth-order valence-corrected chi connectivity index (χ4v) is 0.812. The largest absolute Gasteiger partial charge is 0.385 e. The van der Waals surface area contributed by atoms with Crippen LogP contribution in [0.25, 0.3) is 0 Å². The van der Waals surface area contributed by atoms with E-state index in [1.165, 1.54) is 0 Å². The molecule has 1 aliphatic heterocycles. The minimum atomic E-state index is -2.54. The molecule has 1 rings (SSSR count). The number of aliphatic hydroxyl groups is 1. The molecule has 0 aliphatic carbocycles. The van der Waals surface area contributed by atoms with Gasteiger partial charge in [0.15, 0.2) is 0 Å². The van der Waals surface area contributed by atoms with E-state index in [0.717, 1.165) is 0 Å². The predicted octanol–water partition coefficient (Wildman–Crippen LogP) is -0.803. The van der Waals surface area contributed by atoms with Gasteiger partial charge in [0.25, 0.3) is 5.70 Å². The number of hydrogen-bond donors (Lipinski definition) is 1. The molecule has 8 nitrogen and oxygen atoms in total. The Hall–Kier alpha value is -1.83. The van der Waals surface area contributed by atoms with E-state index in [0.29, 0.717) is 12.3 Å². The Kier molecular flexibility index (Phi) is 2.07. The lowest BCUT2D eigenvalue weighted by molar-refractivity contribution is -0.583. The molecule has 0 radical (unpaired) electrons. The average molecular weight is 187 g/mol. The summed E-state index contributed by atoms with van der Waals surface area (Å²) >= 11 is 0. The maximum absolute atomic E-state index is 10.2. The molecule has 0 bridgehead atoms. The Labute approximate surface area is 71.5 Å². The third-order valence-electron chi connectivity index (χ3n) is 1.44. The van der Waals surface area contributed by atoms with E-state index in [1.54, 1.807) is 0 Å². The second kappa shape index (κ2) is 2.90. The zero-order valence-corrected chi connectivity index (χ0v) is 6.28. The summed E-state index contributed by atoms with van der Waals surface area (Å²) in [6.07, 6.45) is 1.24. The van der Waals surface area contributed by atoms with Crippen LogP contribution in [0.3, 0.4) is 0 Å². The molecular formula is C5H5N3O5. The number of hydrogen-bond acceptors (Lipinski definition) is 6. The minimum Gasteiger partial charge on any atom is -0.322 e. The van der Waals surface area contributed by atoms with Crippen LogP contribution in [0.1, 0.15) is 0 Å². The molecule has 70 valence electrons. The molecular weight excluding hydrogens is 182 g/mol. The van der Waals surface area contributed by atoms with Crippen molar-refractivity contribution in [3.63, 3.8) is 0 Å². The van der Waals surface area contributed by atoms with Crippen molar-refractivity contribution in [2.75, 3.05) is 6.54 Å². The van der Waals surface area contributed by atoms with E-state index in [9.17, 15) is 20.2 Å². The normalized spacial score (nSPS) is 26.7. The summed E-state index contributed by atoms with van der Waals surface area (Å²) in [5.41, 5.74) is -3.03. The highest BCUT2D eigenvalue weighted by Gasteiger charge is 2.41. The van der Waals surface area contributed by atoms with Gasteiger partial charge < -0.3 is 5.11 Å². The third-order valence-corrected chi connectivity index (χ3v) is 1.44. The second-order valence-electron chi connectivity index (χ2n) is 2.40. The topological polar surface area (TPSA) is 119 Å². The lowest BCUT2D eigenvalue weighted by Gasteiger charge is -2.12. The molecule has 1 unspecified atom stereocenters. The van der Waals surface area contributed by atoms with Crippen molar-refractivity contribution < 1.29 is 15.0 Å². The van der Waals surface area contributed by atoms with Crippen LogP contribution in [0.4, 0.5) is 0 Å². The average Bonchev–Trinajstić information content (AvgIpc) is 2.04. The molecule has 1 atom stereocenters. The van der Waals surface area contributed by atoms with Gasteiger partial charge in [-0.25, -0.2) is 0 Å². The van der Waals surface area contributed by atoms with Crippen molar-refractivity contribution in [3.8, 4) is 0 Å². The highest BCUT2D eigenvalue weighted by Crippen LogP contribution is 2.13. The van der Waals surface area contributed by atoms with Gasteiger partial charge in [0.2, 0.25) is 0 Å². The number of nitrogens with zero attached hydrogens (tertiary/aromatic N) is 3. The first kappa shape index (κ1) is 9.26. The lowest BCUT2D eigenvalue weighted by atomic mass is 10.2. The summed E-state index contributed by atoms with van der Waals surface area (Å²) in [4.78, 5) is 21.9. The summed E-state index contributed by atoms with van der Waals surface area (Å²) in [5.74, 6) is 0. The van der Waals surface area contributed by atoms with Crippen molar-refractivity contribution >= 4 is 6.21 Å². The molecule has 0 aromatic heterocycles. The monoisotopic (exact) mass is 187 g/mol. The fraction of sp³-hybridized carbons (Fsp3) is 0.400. The lowest BCUT2D eigenvalue weighted by Crippen LogP contribution is -2.40. The van der Waals surface area contributed by atoms with Crippen LogP contribution < -0.4 is 0 Å². The van der Waals surface area contributed by atoms with Gasteiger partial charge in [0.1, 0.15) is 18.8 Å². The number of aliphatic imine (C=N–C) groups is 1. The SMILES string of the molecule is O=[N+]([O-])C1=CC(O)([N+](=O)[O-])C=NC1. The van der Waals surface area contributed by atoms with Gasteiger partial charge in [-0.1, -0.05) is 0 Å². The van der Waals surface area contributed by atoms with Gasteiger partial charge in [0, 0.05) is 0 Å². The Morgan fingerprint density at radius 1 is 1.54 bits per heavy atom. The Morgan fingerprint density at radius 2 is 2.15 bits per heavy atom. The first-order valence-electron chi connectivity index (χ1n) is 3.20. The summed E-state index contributed by atoms with van der Waals surface area (Å²) in [6.45, 7) is -0.261. The Balaban J connectivity index is 3.02. The van der Waals surface area contributed by atoms with E-state index >= 15 is 0 Å². The zero-order valence-electron chi connectivity index (χ0n) is 6.28. The number of dihydropyridines is 1.